The number of allylic oxidation sites excluding steroid dienone is 1. The maximum atomic E-state index is 13.3. The molecule has 1 aromatic rings. The lowest BCUT2D eigenvalue weighted by molar-refractivity contribution is 0.297. The zero-order valence-electron chi connectivity index (χ0n) is 16.1. The number of hydrogen-bond donors (Lipinski definition) is 1. The van der Waals surface area contributed by atoms with E-state index >= 15 is 0 Å². The highest BCUT2D eigenvalue weighted by molar-refractivity contribution is 5.74. The van der Waals surface area contributed by atoms with Crippen LogP contribution in [0.1, 0.15) is 58.4 Å². The standard InChI is InChI=1S/C16H25FO.C5H8N2/c1-4-7-13(2)8-5-6-11-18-15-10-9-14(3)16(17)12-15;1-5(3-6)4-7-2/h9-10,12-13H,4-8,11H2,1-3H3;3-4,6H,2H2,1H3/b;5-4-,6-3?. The molecule has 3 nitrogen and oxygen atoms in total. The van der Waals surface area contributed by atoms with Crippen LogP contribution in [0.25, 0.3) is 0 Å². The smallest absolute Gasteiger partial charge is 0.129 e. The number of rotatable bonds is 10. The van der Waals surface area contributed by atoms with Crippen LogP contribution >= 0.6 is 0 Å². The fourth-order valence-electron chi connectivity index (χ4n) is 2.27. The molecule has 0 saturated heterocycles. The second kappa shape index (κ2) is 14.4. The van der Waals surface area contributed by atoms with E-state index in [1.807, 2.05) is 6.07 Å². The van der Waals surface area contributed by atoms with E-state index in [4.69, 9.17) is 10.1 Å². The van der Waals surface area contributed by atoms with Gasteiger partial charge < -0.3 is 10.1 Å². The summed E-state index contributed by atoms with van der Waals surface area (Å²) >= 11 is 0. The molecule has 0 aliphatic heterocycles. The van der Waals surface area contributed by atoms with Crippen molar-refractivity contribution in [3.8, 4) is 5.75 Å². The average molecular weight is 349 g/mol. The van der Waals surface area contributed by atoms with Crippen LogP contribution in [0.15, 0.2) is 35.0 Å². The van der Waals surface area contributed by atoms with Gasteiger partial charge in [0.25, 0.3) is 0 Å². The van der Waals surface area contributed by atoms with Gasteiger partial charge in [-0.15, -0.1) is 0 Å². The molecule has 0 amide bonds. The van der Waals surface area contributed by atoms with Gasteiger partial charge in [-0.05, 0) is 56.5 Å². The van der Waals surface area contributed by atoms with Crippen molar-refractivity contribution in [1.29, 1.82) is 5.41 Å². The highest BCUT2D eigenvalue weighted by Gasteiger charge is 2.02. The molecule has 25 heavy (non-hydrogen) atoms. The lowest BCUT2D eigenvalue weighted by Gasteiger charge is -2.10. The van der Waals surface area contributed by atoms with Gasteiger partial charge >= 0.3 is 0 Å². The van der Waals surface area contributed by atoms with E-state index in [0.29, 0.717) is 17.9 Å². The molecule has 0 radical (unpaired) electrons. The molecule has 0 aliphatic rings. The molecule has 0 aliphatic carbocycles. The summed E-state index contributed by atoms with van der Waals surface area (Å²) < 4.78 is 18.8. The number of halogens is 1. The van der Waals surface area contributed by atoms with Crippen LogP contribution in [0, 0.1) is 24.1 Å². The Labute approximate surface area is 152 Å². The summed E-state index contributed by atoms with van der Waals surface area (Å²) in [4.78, 5) is 3.44. The molecule has 1 rings (SSSR count). The summed E-state index contributed by atoms with van der Waals surface area (Å²) in [5.41, 5.74) is 1.48. The summed E-state index contributed by atoms with van der Waals surface area (Å²) in [5.74, 6) is 1.26. The average Bonchev–Trinajstić information content (AvgIpc) is 2.58. The first kappa shape index (κ1) is 23.0. The molecule has 0 saturated carbocycles. The number of nitrogens with one attached hydrogen (secondary N) is 1. The van der Waals surface area contributed by atoms with Gasteiger partial charge in [0.2, 0.25) is 0 Å². The Balaban J connectivity index is 0.000000697. The Hall–Kier alpha value is -1.97. The highest BCUT2D eigenvalue weighted by Crippen LogP contribution is 2.17. The number of benzene rings is 1. The molecule has 1 atom stereocenters. The molecule has 0 spiro atoms. The molecule has 1 N–H and O–H groups in total. The van der Waals surface area contributed by atoms with Gasteiger partial charge in [-0.25, -0.2) is 4.39 Å². The first-order chi connectivity index (χ1) is 11.9. The van der Waals surface area contributed by atoms with Crippen molar-refractivity contribution in [3.05, 3.63) is 41.4 Å². The maximum Gasteiger partial charge on any atom is 0.129 e. The second-order valence-corrected chi connectivity index (χ2v) is 6.35. The lowest BCUT2D eigenvalue weighted by atomic mass is 9.99. The van der Waals surface area contributed by atoms with Crippen molar-refractivity contribution < 1.29 is 9.13 Å². The van der Waals surface area contributed by atoms with Crippen molar-refractivity contribution in [2.24, 2.45) is 10.9 Å². The van der Waals surface area contributed by atoms with E-state index in [1.54, 1.807) is 19.9 Å². The lowest BCUT2D eigenvalue weighted by Crippen LogP contribution is -2.00. The van der Waals surface area contributed by atoms with Crippen molar-refractivity contribution in [2.45, 2.75) is 59.8 Å². The molecule has 0 aromatic heterocycles. The van der Waals surface area contributed by atoms with Gasteiger partial charge in [-0.2, -0.15) is 0 Å². The molecule has 0 heterocycles. The topological polar surface area (TPSA) is 45.4 Å². The van der Waals surface area contributed by atoms with Crippen molar-refractivity contribution in [3.63, 3.8) is 0 Å². The summed E-state index contributed by atoms with van der Waals surface area (Å²) in [6.45, 7) is 12.0. The van der Waals surface area contributed by atoms with E-state index < -0.39 is 0 Å². The van der Waals surface area contributed by atoms with Gasteiger partial charge in [0, 0.05) is 18.5 Å². The summed E-state index contributed by atoms with van der Waals surface area (Å²) in [6, 6.07) is 5.06. The first-order valence-corrected chi connectivity index (χ1v) is 8.96. The van der Waals surface area contributed by atoms with Gasteiger partial charge in [0.05, 0.1) is 6.61 Å². The van der Waals surface area contributed by atoms with Crippen LogP contribution in [-0.4, -0.2) is 19.5 Å². The molecule has 1 unspecified atom stereocenters. The number of aliphatic imine (C=N–C) groups is 1. The summed E-state index contributed by atoms with van der Waals surface area (Å²) in [5, 5.41) is 6.63. The summed E-state index contributed by atoms with van der Waals surface area (Å²) in [7, 11) is 0. The SMILES string of the molecule is C=N/C=C(/C)C=N.CCCC(C)CCCCOc1ccc(C)c(F)c1. The van der Waals surface area contributed by atoms with Gasteiger partial charge in [0.15, 0.2) is 0 Å². The van der Waals surface area contributed by atoms with E-state index in [0.717, 1.165) is 17.9 Å². The Kier molecular flexibility index (Phi) is 13.2. The molecular formula is C21H33FN2O. The van der Waals surface area contributed by atoms with E-state index in [1.165, 1.54) is 44.2 Å². The minimum absolute atomic E-state index is 0.191. The zero-order valence-corrected chi connectivity index (χ0v) is 16.1. The van der Waals surface area contributed by atoms with Crippen LogP contribution in [0.2, 0.25) is 0 Å². The molecule has 0 fully saturated rings. The van der Waals surface area contributed by atoms with Crippen LogP contribution in [0.4, 0.5) is 4.39 Å². The minimum Gasteiger partial charge on any atom is -0.493 e. The van der Waals surface area contributed by atoms with Crippen molar-refractivity contribution in [1.82, 2.24) is 0 Å². The monoisotopic (exact) mass is 348 g/mol. The molecular weight excluding hydrogens is 315 g/mol. The third-order valence-corrected chi connectivity index (χ3v) is 3.81. The Morgan fingerprint density at radius 3 is 2.60 bits per heavy atom. The van der Waals surface area contributed by atoms with E-state index in [-0.39, 0.29) is 5.82 Å². The number of ether oxygens (including phenoxy) is 1. The third-order valence-electron chi connectivity index (χ3n) is 3.81. The fraction of sp³-hybridized carbons (Fsp3) is 0.524. The molecule has 4 heteroatoms. The van der Waals surface area contributed by atoms with Crippen molar-refractivity contribution in [2.75, 3.05) is 6.61 Å². The van der Waals surface area contributed by atoms with Gasteiger partial charge in [0.1, 0.15) is 11.6 Å². The van der Waals surface area contributed by atoms with E-state index in [2.05, 4.69) is 25.6 Å². The van der Waals surface area contributed by atoms with Crippen LogP contribution in [0.5, 0.6) is 5.75 Å². The predicted molar refractivity (Wildman–Crippen MR) is 107 cm³/mol. The molecule has 0 bridgehead atoms. The predicted octanol–water partition coefficient (Wildman–Crippen LogP) is 6.36. The molecule has 140 valence electrons. The van der Waals surface area contributed by atoms with Crippen LogP contribution in [-0.2, 0) is 0 Å². The third kappa shape index (κ3) is 12.1. The first-order valence-electron chi connectivity index (χ1n) is 8.96. The summed E-state index contributed by atoms with van der Waals surface area (Å²) in [6.07, 6.45) is 8.84. The maximum absolute atomic E-state index is 13.3. The van der Waals surface area contributed by atoms with E-state index in [9.17, 15) is 4.39 Å². The minimum atomic E-state index is -0.191. The Morgan fingerprint density at radius 1 is 1.36 bits per heavy atom. The normalized spacial score (nSPS) is 12.0. The van der Waals surface area contributed by atoms with Gasteiger partial charge in [-0.3, -0.25) is 4.99 Å². The van der Waals surface area contributed by atoms with Crippen molar-refractivity contribution >= 4 is 12.9 Å². The number of aryl methyl sites for hydroxylation is 1. The van der Waals surface area contributed by atoms with Gasteiger partial charge in [-0.1, -0.05) is 39.2 Å². The zero-order chi connectivity index (χ0) is 19.1. The van der Waals surface area contributed by atoms with Crippen LogP contribution in [0.3, 0.4) is 0 Å². The fourth-order valence-corrected chi connectivity index (χ4v) is 2.27. The largest absolute Gasteiger partial charge is 0.493 e. The number of nitrogens with zero attached hydrogens (tertiary/aromatic N) is 1. The Bertz CT molecular complexity index is 541. The number of hydrogen-bond acceptors (Lipinski definition) is 3. The number of unbranched alkanes of at least 4 members (excludes halogenated alkanes) is 1. The van der Waals surface area contributed by atoms with Crippen LogP contribution < -0.4 is 4.74 Å². The second-order valence-electron chi connectivity index (χ2n) is 6.35. The highest BCUT2D eigenvalue weighted by atomic mass is 19.1. The molecule has 1 aromatic carbocycles. The Morgan fingerprint density at radius 2 is 2.08 bits per heavy atom. The quantitative estimate of drug-likeness (QED) is 0.388.